The maximum Gasteiger partial charge on any atom is 0.272 e. The lowest BCUT2D eigenvalue weighted by atomic mass is 10.0. The van der Waals surface area contributed by atoms with E-state index in [0.717, 1.165) is 0 Å². The molecule has 2 aromatic rings. The van der Waals surface area contributed by atoms with Crippen molar-refractivity contribution in [3.05, 3.63) is 47.8 Å². The Hall–Kier alpha value is -3.29. The third-order valence-corrected chi connectivity index (χ3v) is 4.93. The predicted octanol–water partition coefficient (Wildman–Crippen LogP) is 2.14. The molecule has 3 rings (SSSR count). The lowest BCUT2D eigenvalue weighted by molar-refractivity contribution is 0.0692. The van der Waals surface area contributed by atoms with Crippen molar-refractivity contribution < 1.29 is 23.8 Å². The number of methoxy groups -OCH3 is 3. The number of nitrogens with zero attached hydrogens (tertiary/aromatic N) is 2. The minimum atomic E-state index is -0.223. The van der Waals surface area contributed by atoms with E-state index < -0.39 is 0 Å². The average Bonchev–Trinajstić information content (AvgIpc) is 2.78. The molecular weight excluding hydrogens is 374 g/mol. The molecule has 2 heterocycles. The maximum atomic E-state index is 12.7. The quantitative estimate of drug-likeness (QED) is 0.801. The Morgan fingerprint density at radius 3 is 2.21 bits per heavy atom. The van der Waals surface area contributed by atoms with Crippen LogP contribution in [-0.4, -0.2) is 62.2 Å². The number of likely N-dealkylation sites (tertiary alicyclic amines) is 1. The number of rotatable bonds is 6. The zero-order valence-electron chi connectivity index (χ0n) is 16.8. The van der Waals surface area contributed by atoms with E-state index in [-0.39, 0.29) is 17.9 Å². The number of ether oxygens (including phenoxy) is 3. The lowest BCUT2D eigenvalue weighted by Gasteiger charge is -2.32. The summed E-state index contributed by atoms with van der Waals surface area (Å²) in [6.45, 7) is 1.13. The summed E-state index contributed by atoms with van der Waals surface area (Å²) in [4.78, 5) is 31.1. The molecule has 1 saturated heterocycles. The number of amides is 2. The molecule has 1 aromatic carbocycles. The van der Waals surface area contributed by atoms with Crippen LogP contribution in [0.4, 0.5) is 0 Å². The van der Waals surface area contributed by atoms with Crippen LogP contribution in [-0.2, 0) is 0 Å². The minimum Gasteiger partial charge on any atom is -0.493 e. The predicted molar refractivity (Wildman–Crippen MR) is 107 cm³/mol. The number of piperidine rings is 1. The highest BCUT2D eigenvalue weighted by molar-refractivity contribution is 5.96. The van der Waals surface area contributed by atoms with Gasteiger partial charge in [0.2, 0.25) is 5.75 Å². The molecule has 0 atom stereocenters. The van der Waals surface area contributed by atoms with Crippen molar-refractivity contribution >= 4 is 11.8 Å². The van der Waals surface area contributed by atoms with E-state index in [9.17, 15) is 9.59 Å². The number of nitrogens with one attached hydrogen (secondary N) is 1. The Morgan fingerprint density at radius 1 is 1.03 bits per heavy atom. The molecule has 1 aliphatic heterocycles. The van der Waals surface area contributed by atoms with Crippen molar-refractivity contribution in [2.75, 3.05) is 34.4 Å². The van der Waals surface area contributed by atoms with Gasteiger partial charge >= 0.3 is 0 Å². The van der Waals surface area contributed by atoms with Crippen molar-refractivity contribution in [2.45, 2.75) is 18.9 Å². The molecule has 0 bridgehead atoms. The van der Waals surface area contributed by atoms with Crippen molar-refractivity contribution in [3.8, 4) is 17.2 Å². The zero-order valence-corrected chi connectivity index (χ0v) is 16.8. The normalized spacial score (nSPS) is 14.2. The molecular formula is C21H25N3O5. The standard InChI is InChI=1S/C21H25N3O5/c1-27-17-12-14(13-18(28-2)19(17)29-3)20(25)23-15-7-10-24(11-8-15)21(26)16-6-4-5-9-22-16/h4-6,9,12-13,15H,7-8,10-11H2,1-3H3,(H,23,25). The van der Waals surface area contributed by atoms with Gasteiger partial charge < -0.3 is 24.4 Å². The Labute approximate surface area is 169 Å². The summed E-state index contributed by atoms with van der Waals surface area (Å²) >= 11 is 0. The van der Waals surface area contributed by atoms with Gasteiger partial charge in [-0.1, -0.05) is 6.07 Å². The minimum absolute atomic E-state index is 0.0191. The van der Waals surface area contributed by atoms with Crippen LogP contribution in [0.3, 0.4) is 0 Å². The van der Waals surface area contributed by atoms with E-state index in [0.29, 0.717) is 54.4 Å². The van der Waals surface area contributed by atoms with Crippen molar-refractivity contribution in [2.24, 2.45) is 0 Å². The second-order valence-corrected chi connectivity index (χ2v) is 6.67. The van der Waals surface area contributed by atoms with Crippen LogP contribution < -0.4 is 19.5 Å². The molecule has 0 unspecified atom stereocenters. The Bertz CT molecular complexity index is 839. The number of benzene rings is 1. The number of carbonyl (C=O) groups excluding carboxylic acids is 2. The van der Waals surface area contributed by atoms with Crippen molar-refractivity contribution in [3.63, 3.8) is 0 Å². The molecule has 1 aromatic heterocycles. The third-order valence-electron chi connectivity index (χ3n) is 4.93. The summed E-state index contributed by atoms with van der Waals surface area (Å²) in [6.07, 6.45) is 2.96. The highest BCUT2D eigenvalue weighted by Gasteiger charge is 2.26. The second-order valence-electron chi connectivity index (χ2n) is 6.67. The van der Waals surface area contributed by atoms with E-state index in [1.54, 1.807) is 41.4 Å². The number of carbonyl (C=O) groups is 2. The summed E-state index contributed by atoms with van der Waals surface area (Å²) < 4.78 is 15.9. The van der Waals surface area contributed by atoms with Crippen LogP contribution in [0.5, 0.6) is 17.2 Å². The van der Waals surface area contributed by atoms with Gasteiger partial charge in [-0.05, 0) is 37.1 Å². The molecule has 2 amide bonds. The number of pyridine rings is 1. The van der Waals surface area contributed by atoms with E-state index in [1.165, 1.54) is 21.3 Å². The Morgan fingerprint density at radius 2 is 1.69 bits per heavy atom. The summed E-state index contributed by atoms with van der Waals surface area (Å²) in [5.74, 6) is 0.979. The monoisotopic (exact) mass is 399 g/mol. The molecule has 1 fully saturated rings. The van der Waals surface area contributed by atoms with Crippen LogP contribution in [0, 0.1) is 0 Å². The van der Waals surface area contributed by atoms with Gasteiger partial charge in [0.05, 0.1) is 21.3 Å². The number of hydrogen-bond donors (Lipinski definition) is 1. The van der Waals surface area contributed by atoms with E-state index >= 15 is 0 Å². The van der Waals surface area contributed by atoms with Crippen LogP contribution in [0.1, 0.15) is 33.7 Å². The number of hydrogen-bond acceptors (Lipinski definition) is 6. The van der Waals surface area contributed by atoms with Crippen molar-refractivity contribution in [1.82, 2.24) is 15.2 Å². The Balaban J connectivity index is 1.62. The molecule has 0 aliphatic carbocycles. The lowest BCUT2D eigenvalue weighted by Crippen LogP contribution is -2.46. The maximum absolute atomic E-state index is 12.7. The molecule has 154 valence electrons. The first-order valence-electron chi connectivity index (χ1n) is 9.38. The first kappa shape index (κ1) is 20.4. The first-order chi connectivity index (χ1) is 14.1. The molecule has 0 radical (unpaired) electrons. The van der Waals surface area contributed by atoms with Crippen LogP contribution in [0.2, 0.25) is 0 Å². The fraction of sp³-hybridized carbons (Fsp3) is 0.381. The van der Waals surface area contributed by atoms with Gasteiger partial charge in [0.15, 0.2) is 11.5 Å². The molecule has 1 aliphatic rings. The van der Waals surface area contributed by atoms with Crippen molar-refractivity contribution in [1.29, 1.82) is 0 Å². The molecule has 0 spiro atoms. The summed E-state index contributed by atoms with van der Waals surface area (Å²) in [7, 11) is 4.53. The average molecular weight is 399 g/mol. The van der Waals surface area contributed by atoms with E-state index in [2.05, 4.69) is 10.3 Å². The van der Waals surface area contributed by atoms with Crippen LogP contribution in [0.15, 0.2) is 36.5 Å². The van der Waals surface area contributed by atoms with Gasteiger partial charge in [-0.3, -0.25) is 14.6 Å². The van der Waals surface area contributed by atoms with Crippen LogP contribution in [0.25, 0.3) is 0 Å². The zero-order chi connectivity index (χ0) is 20.8. The summed E-state index contributed by atoms with van der Waals surface area (Å²) in [6, 6.07) is 8.51. The summed E-state index contributed by atoms with van der Waals surface area (Å²) in [5.41, 5.74) is 0.860. The van der Waals surface area contributed by atoms with Gasteiger partial charge in [-0.2, -0.15) is 0 Å². The number of aromatic nitrogens is 1. The van der Waals surface area contributed by atoms with E-state index in [1.807, 2.05) is 0 Å². The van der Waals surface area contributed by atoms with Gasteiger partial charge in [-0.25, -0.2) is 0 Å². The summed E-state index contributed by atoms with van der Waals surface area (Å²) in [5, 5.41) is 3.03. The SMILES string of the molecule is COc1cc(C(=O)NC2CCN(C(=O)c3ccccn3)CC2)cc(OC)c1OC. The first-order valence-corrected chi connectivity index (χ1v) is 9.38. The van der Waals surface area contributed by atoms with Gasteiger partial charge in [0.25, 0.3) is 11.8 Å². The Kier molecular flexibility index (Phi) is 6.54. The highest BCUT2D eigenvalue weighted by atomic mass is 16.5. The van der Waals surface area contributed by atoms with Gasteiger partial charge in [0.1, 0.15) is 5.69 Å². The molecule has 1 N–H and O–H groups in total. The molecule has 8 nitrogen and oxygen atoms in total. The topological polar surface area (TPSA) is 90.0 Å². The highest BCUT2D eigenvalue weighted by Crippen LogP contribution is 2.38. The van der Waals surface area contributed by atoms with E-state index in [4.69, 9.17) is 14.2 Å². The largest absolute Gasteiger partial charge is 0.493 e. The molecule has 8 heteroatoms. The second kappa shape index (κ2) is 9.27. The van der Waals surface area contributed by atoms with Gasteiger partial charge in [-0.15, -0.1) is 0 Å². The fourth-order valence-electron chi connectivity index (χ4n) is 3.36. The molecule has 29 heavy (non-hydrogen) atoms. The fourth-order valence-corrected chi connectivity index (χ4v) is 3.36. The molecule has 0 saturated carbocycles. The smallest absolute Gasteiger partial charge is 0.272 e. The van der Waals surface area contributed by atoms with Crippen LogP contribution >= 0.6 is 0 Å². The van der Waals surface area contributed by atoms with Gasteiger partial charge in [0, 0.05) is 30.9 Å². The third kappa shape index (κ3) is 4.59.